The molecular weight excluding hydrogens is 184 g/mol. The van der Waals surface area contributed by atoms with Gasteiger partial charge in [-0.25, -0.2) is 0 Å². The minimum absolute atomic E-state index is 0.139. The van der Waals surface area contributed by atoms with Crippen LogP contribution in [0.2, 0.25) is 0 Å². The topological polar surface area (TPSA) is 6.48 Å². The van der Waals surface area contributed by atoms with Gasteiger partial charge in [0.25, 0.3) is 0 Å². The summed E-state index contributed by atoms with van der Waals surface area (Å²) in [6.45, 7) is 9.19. The van der Waals surface area contributed by atoms with Gasteiger partial charge < -0.3 is 4.90 Å². The first-order valence-corrected chi connectivity index (χ1v) is 5.76. The number of allylic oxidation sites excluding steroid dienone is 2. The predicted molar refractivity (Wildman–Crippen MR) is 64.7 cm³/mol. The molecule has 1 aliphatic heterocycles. The number of hydrogen-bond donors (Lipinski definition) is 0. The molecule has 2 nitrogen and oxygen atoms in total. The van der Waals surface area contributed by atoms with Crippen LogP contribution in [0.5, 0.6) is 0 Å². The smallest absolute Gasteiger partial charge is 0.0550 e. The second-order valence-corrected chi connectivity index (χ2v) is 4.93. The average Bonchev–Trinajstić information content (AvgIpc) is 2.18. The van der Waals surface area contributed by atoms with Crippen molar-refractivity contribution < 1.29 is 0 Å². The highest BCUT2D eigenvalue weighted by molar-refractivity contribution is 5.34. The third-order valence-electron chi connectivity index (χ3n) is 3.50. The first-order chi connectivity index (χ1) is 7.10. The Bertz CT molecular complexity index is 285. The van der Waals surface area contributed by atoms with Gasteiger partial charge in [0.15, 0.2) is 0 Å². The minimum Gasteiger partial charge on any atom is -0.304 e. The summed E-state index contributed by atoms with van der Waals surface area (Å²) in [5.41, 5.74) is 1.51. The van der Waals surface area contributed by atoms with E-state index in [0.29, 0.717) is 0 Å². The molecule has 2 rings (SSSR count). The number of piperazine rings is 1. The van der Waals surface area contributed by atoms with Crippen LogP contribution in [0.1, 0.15) is 13.8 Å². The zero-order valence-electron chi connectivity index (χ0n) is 10.0. The van der Waals surface area contributed by atoms with Crippen molar-refractivity contribution in [2.24, 2.45) is 0 Å². The largest absolute Gasteiger partial charge is 0.304 e. The Morgan fingerprint density at radius 2 is 1.87 bits per heavy atom. The number of rotatable bonds is 1. The number of hydrogen-bond acceptors (Lipinski definition) is 2. The fourth-order valence-corrected chi connectivity index (χ4v) is 2.44. The van der Waals surface area contributed by atoms with Crippen LogP contribution in [-0.2, 0) is 0 Å². The molecule has 0 bridgehead atoms. The van der Waals surface area contributed by atoms with Crippen LogP contribution in [0, 0.1) is 6.42 Å². The average molecular weight is 205 g/mol. The molecule has 1 radical (unpaired) electrons. The summed E-state index contributed by atoms with van der Waals surface area (Å²) in [6.07, 6.45) is 9.05. The van der Waals surface area contributed by atoms with E-state index in [-0.39, 0.29) is 5.54 Å². The van der Waals surface area contributed by atoms with E-state index in [1.807, 2.05) is 0 Å². The van der Waals surface area contributed by atoms with Gasteiger partial charge in [-0.2, -0.15) is 0 Å². The van der Waals surface area contributed by atoms with Gasteiger partial charge in [-0.05, 0) is 20.9 Å². The SMILES string of the molecule is CC1=CC(C)(N2CCN(C)CC2)C=C[CH]1. The summed E-state index contributed by atoms with van der Waals surface area (Å²) >= 11 is 0. The highest BCUT2D eigenvalue weighted by Crippen LogP contribution is 2.26. The lowest BCUT2D eigenvalue weighted by molar-refractivity contribution is 0.103. The molecule has 2 aliphatic rings. The fraction of sp³-hybridized carbons (Fsp3) is 0.615. The van der Waals surface area contributed by atoms with Gasteiger partial charge in [0.05, 0.1) is 5.54 Å². The molecule has 1 aliphatic carbocycles. The Labute approximate surface area is 93.2 Å². The van der Waals surface area contributed by atoms with E-state index in [0.717, 1.165) is 0 Å². The molecule has 1 fully saturated rings. The van der Waals surface area contributed by atoms with E-state index in [2.05, 4.69) is 55.3 Å². The third kappa shape index (κ3) is 2.32. The molecule has 0 amide bonds. The van der Waals surface area contributed by atoms with Crippen molar-refractivity contribution >= 4 is 0 Å². The molecule has 0 saturated carbocycles. The maximum atomic E-state index is 2.57. The lowest BCUT2D eigenvalue weighted by Crippen LogP contribution is -2.53. The third-order valence-corrected chi connectivity index (χ3v) is 3.50. The van der Waals surface area contributed by atoms with Crippen LogP contribution in [0.3, 0.4) is 0 Å². The van der Waals surface area contributed by atoms with Gasteiger partial charge in [0.1, 0.15) is 0 Å². The van der Waals surface area contributed by atoms with E-state index < -0.39 is 0 Å². The molecule has 1 heterocycles. The zero-order chi connectivity index (χ0) is 10.9. The highest BCUT2D eigenvalue weighted by Gasteiger charge is 2.30. The van der Waals surface area contributed by atoms with Crippen LogP contribution in [0.15, 0.2) is 23.8 Å². The molecular formula is C13H21N2. The van der Waals surface area contributed by atoms with Gasteiger partial charge in [-0.1, -0.05) is 23.8 Å². The Hall–Kier alpha value is -0.600. The van der Waals surface area contributed by atoms with Gasteiger partial charge >= 0.3 is 0 Å². The summed E-state index contributed by atoms with van der Waals surface area (Å²) < 4.78 is 0. The molecule has 1 atom stereocenters. The molecule has 0 N–H and O–H groups in total. The van der Waals surface area contributed by atoms with Gasteiger partial charge in [0, 0.05) is 32.6 Å². The molecule has 15 heavy (non-hydrogen) atoms. The van der Waals surface area contributed by atoms with Crippen molar-refractivity contribution in [1.29, 1.82) is 0 Å². The predicted octanol–water partition coefficient (Wildman–Crippen LogP) is 1.71. The van der Waals surface area contributed by atoms with E-state index >= 15 is 0 Å². The quantitative estimate of drug-likeness (QED) is 0.643. The first kappa shape index (κ1) is 10.9. The lowest BCUT2D eigenvalue weighted by Gasteiger charge is -2.43. The van der Waals surface area contributed by atoms with Crippen LogP contribution >= 0.6 is 0 Å². The molecule has 1 saturated heterocycles. The second-order valence-electron chi connectivity index (χ2n) is 4.93. The van der Waals surface area contributed by atoms with Crippen molar-refractivity contribution in [3.05, 3.63) is 30.2 Å². The lowest BCUT2D eigenvalue weighted by atomic mass is 9.90. The van der Waals surface area contributed by atoms with Crippen molar-refractivity contribution in [3.8, 4) is 0 Å². The van der Waals surface area contributed by atoms with Crippen LogP contribution in [0.25, 0.3) is 0 Å². The van der Waals surface area contributed by atoms with E-state index in [4.69, 9.17) is 0 Å². The van der Waals surface area contributed by atoms with Crippen LogP contribution < -0.4 is 0 Å². The second kappa shape index (κ2) is 4.11. The highest BCUT2D eigenvalue weighted by atomic mass is 15.3. The Morgan fingerprint density at radius 1 is 1.20 bits per heavy atom. The molecule has 83 valence electrons. The summed E-state index contributed by atoms with van der Waals surface area (Å²) in [5, 5.41) is 0. The van der Waals surface area contributed by atoms with Crippen molar-refractivity contribution in [2.75, 3.05) is 33.2 Å². The monoisotopic (exact) mass is 205 g/mol. The van der Waals surface area contributed by atoms with Gasteiger partial charge in [-0.3, -0.25) is 4.90 Å². The summed E-state index contributed by atoms with van der Waals surface area (Å²) in [6, 6.07) is 0. The Morgan fingerprint density at radius 3 is 2.47 bits per heavy atom. The molecule has 2 heteroatoms. The molecule has 0 spiro atoms. The number of nitrogens with zero attached hydrogens (tertiary/aromatic N) is 2. The fourth-order valence-electron chi connectivity index (χ4n) is 2.44. The van der Waals surface area contributed by atoms with E-state index in [9.17, 15) is 0 Å². The van der Waals surface area contributed by atoms with E-state index in [1.165, 1.54) is 31.8 Å². The van der Waals surface area contributed by atoms with Crippen molar-refractivity contribution in [3.63, 3.8) is 0 Å². The van der Waals surface area contributed by atoms with Crippen LogP contribution in [0.4, 0.5) is 0 Å². The van der Waals surface area contributed by atoms with Gasteiger partial charge in [0.2, 0.25) is 0 Å². The maximum Gasteiger partial charge on any atom is 0.0550 e. The normalized spacial score (nSPS) is 34.2. The minimum atomic E-state index is 0.139. The van der Waals surface area contributed by atoms with Gasteiger partial charge in [-0.15, -0.1) is 0 Å². The Kier molecular flexibility index (Phi) is 2.98. The van der Waals surface area contributed by atoms with Crippen molar-refractivity contribution in [1.82, 2.24) is 9.80 Å². The molecule has 1 unspecified atom stereocenters. The first-order valence-electron chi connectivity index (χ1n) is 5.76. The van der Waals surface area contributed by atoms with E-state index in [1.54, 1.807) is 0 Å². The molecule has 0 aromatic carbocycles. The summed E-state index contributed by atoms with van der Waals surface area (Å²) in [7, 11) is 2.20. The Balaban J connectivity index is 2.09. The molecule has 0 aromatic rings. The molecule has 0 aromatic heterocycles. The maximum absolute atomic E-state index is 2.57. The summed E-state index contributed by atoms with van der Waals surface area (Å²) in [4.78, 5) is 4.97. The van der Waals surface area contributed by atoms with Crippen LogP contribution in [-0.4, -0.2) is 48.6 Å². The van der Waals surface area contributed by atoms with Crippen molar-refractivity contribution in [2.45, 2.75) is 19.4 Å². The summed E-state index contributed by atoms with van der Waals surface area (Å²) in [5.74, 6) is 0. The zero-order valence-corrected chi connectivity index (χ0v) is 10.0. The number of likely N-dealkylation sites (N-methyl/N-ethyl adjacent to an activating group) is 1. The standard InChI is InChI=1S/C13H21N2/c1-12-5-4-6-13(2,11-12)15-9-7-14(3)8-10-15/h4-6,11H,7-10H2,1-3H3.